The number of anilines is 1. The summed E-state index contributed by atoms with van der Waals surface area (Å²) < 4.78 is 0. The summed E-state index contributed by atoms with van der Waals surface area (Å²) in [4.78, 5) is 17.9. The maximum absolute atomic E-state index is 11.2. The van der Waals surface area contributed by atoms with Crippen molar-refractivity contribution >= 4 is 12.2 Å². The lowest BCUT2D eigenvalue weighted by molar-refractivity contribution is 0.563. The SMILES string of the molecule is CC(C)=CCC[C@@H](C)C/C=N\Nc1nc(C)cc(=O)[nH]1. The zero-order valence-corrected chi connectivity index (χ0v) is 12.7. The Morgan fingerprint density at radius 3 is 2.95 bits per heavy atom. The van der Waals surface area contributed by atoms with E-state index in [2.05, 4.69) is 47.3 Å². The third-order valence-corrected chi connectivity index (χ3v) is 2.85. The van der Waals surface area contributed by atoms with Gasteiger partial charge < -0.3 is 0 Å². The average molecular weight is 276 g/mol. The molecule has 0 bridgehead atoms. The van der Waals surface area contributed by atoms with Gasteiger partial charge in [0.2, 0.25) is 5.95 Å². The molecule has 1 aromatic heterocycles. The molecule has 2 N–H and O–H groups in total. The molecule has 1 rings (SSSR count). The van der Waals surface area contributed by atoms with Gasteiger partial charge in [-0.3, -0.25) is 9.78 Å². The van der Waals surface area contributed by atoms with E-state index in [9.17, 15) is 4.79 Å². The highest BCUT2D eigenvalue weighted by Gasteiger charge is 1.99. The van der Waals surface area contributed by atoms with Crippen molar-refractivity contribution in [2.75, 3.05) is 5.43 Å². The lowest BCUT2D eigenvalue weighted by Gasteiger charge is -2.06. The molecule has 0 aliphatic heterocycles. The molecule has 0 aliphatic rings. The number of aryl methyl sites for hydroxylation is 1. The molecule has 5 heteroatoms. The quantitative estimate of drug-likeness (QED) is 0.456. The van der Waals surface area contributed by atoms with Crippen LogP contribution in [0.1, 0.15) is 45.7 Å². The summed E-state index contributed by atoms with van der Waals surface area (Å²) in [6.45, 7) is 8.21. The van der Waals surface area contributed by atoms with Crippen LogP contribution in [-0.4, -0.2) is 16.2 Å². The van der Waals surface area contributed by atoms with Gasteiger partial charge in [0.15, 0.2) is 0 Å². The molecule has 0 saturated carbocycles. The van der Waals surface area contributed by atoms with Gasteiger partial charge in [0.1, 0.15) is 0 Å². The van der Waals surface area contributed by atoms with Crippen molar-refractivity contribution in [3.05, 3.63) is 33.8 Å². The minimum atomic E-state index is -0.176. The standard InChI is InChI=1S/C15H24N4O/c1-11(2)6-5-7-12(3)8-9-16-19-15-17-13(4)10-14(20)18-15/h6,9-10,12H,5,7-8H2,1-4H3,(H2,17,18,19,20)/b16-9-/t12-/m1/s1. The molecule has 0 spiro atoms. The molecule has 0 fully saturated rings. The summed E-state index contributed by atoms with van der Waals surface area (Å²) in [5, 5.41) is 4.08. The highest BCUT2D eigenvalue weighted by Crippen LogP contribution is 2.10. The molecule has 0 aliphatic carbocycles. The summed E-state index contributed by atoms with van der Waals surface area (Å²) in [6.07, 6.45) is 7.25. The summed E-state index contributed by atoms with van der Waals surface area (Å²) >= 11 is 0. The molecule has 110 valence electrons. The molecule has 0 radical (unpaired) electrons. The Morgan fingerprint density at radius 2 is 2.30 bits per heavy atom. The first-order valence-corrected chi connectivity index (χ1v) is 6.96. The number of aromatic nitrogens is 2. The first kappa shape index (κ1) is 16.1. The minimum absolute atomic E-state index is 0.176. The number of hydrazone groups is 1. The highest BCUT2D eigenvalue weighted by atomic mass is 16.1. The topological polar surface area (TPSA) is 70.1 Å². The molecule has 1 atom stereocenters. The number of hydrogen-bond acceptors (Lipinski definition) is 4. The first-order valence-electron chi connectivity index (χ1n) is 6.96. The van der Waals surface area contributed by atoms with E-state index in [1.54, 1.807) is 6.92 Å². The van der Waals surface area contributed by atoms with Gasteiger partial charge in [-0.05, 0) is 46.0 Å². The minimum Gasteiger partial charge on any atom is -0.291 e. The average Bonchev–Trinajstić information content (AvgIpc) is 2.33. The van der Waals surface area contributed by atoms with Gasteiger partial charge in [-0.2, -0.15) is 5.10 Å². The van der Waals surface area contributed by atoms with E-state index in [0.29, 0.717) is 17.6 Å². The van der Waals surface area contributed by atoms with Crippen LogP contribution in [-0.2, 0) is 0 Å². The Bertz CT molecular complexity index is 527. The largest absolute Gasteiger partial charge is 0.291 e. The molecule has 20 heavy (non-hydrogen) atoms. The Kier molecular flexibility index (Phi) is 6.70. The number of aromatic amines is 1. The van der Waals surface area contributed by atoms with Gasteiger partial charge in [-0.25, -0.2) is 10.4 Å². The van der Waals surface area contributed by atoms with E-state index in [1.807, 2.05) is 6.21 Å². The van der Waals surface area contributed by atoms with Gasteiger partial charge >= 0.3 is 0 Å². The van der Waals surface area contributed by atoms with Crippen LogP contribution in [0.4, 0.5) is 5.95 Å². The van der Waals surface area contributed by atoms with Crippen molar-refractivity contribution in [2.24, 2.45) is 11.0 Å². The van der Waals surface area contributed by atoms with Crippen LogP contribution in [0.15, 0.2) is 27.6 Å². The summed E-state index contributed by atoms with van der Waals surface area (Å²) in [5.74, 6) is 0.962. The number of nitrogens with one attached hydrogen (secondary N) is 2. The highest BCUT2D eigenvalue weighted by molar-refractivity contribution is 5.58. The maximum Gasteiger partial charge on any atom is 0.252 e. The smallest absolute Gasteiger partial charge is 0.252 e. The van der Waals surface area contributed by atoms with Crippen molar-refractivity contribution in [1.82, 2.24) is 9.97 Å². The molecule has 0 saturated heterocycles. The molecule has 1 aromatic rings. The van der Waals surface area contributed by atoms with Gasteiger partial charge in [0, 0.05) is 18.0 Å². The maximum atomic E-state index is 11.2. The number of hydrogen-bond donors (Lipinski definition) is 2. The van der Waals surface area contributed by atoms with Gasteiger partial charge in [-0.1, -0.05) is 18.6 Å². The van der Waals surface area contributed by atoms with E-state index < -0.39 is 0 Å². The van der Waals surface area contributed by atoms with Crippen LogP contribution >= 0.6 is 0 Å². The van der Waals surface area contributed by atoms with Crippen molar-refractivity contribution in [3.63, 3.8) is 0 Å². The normalized spacial score (nSPS) is 12.4. The monoisotopic (exact) mass is 276 g/mol. The first-order chi connectivity index (χ1) is 9.47. The van der Waals surface area contributed by atoms with Crippen molar-refractivity contribution < 1.29 is 0 Å². The predicted molar refractivity (Wildman–Crippen MR) is 84.2 cm³/mol. The Labute approximate surface area is 120 Å². The zero-order valence-electron chi connectivity index (χ0n) is 12.7. The number of rotatable bonds is 7. The van der Waals surface area contributed by atoms with Gasteiger partial charge in [-0.15, -0.1) is 0 Å². The van der Waals surface area contributed by atoms with E-state index in [1.165, 1.54) is 11.6 Å². The van der Waals surface area contributed by atoms with Crippen molar-refractivity contribution in [1.29, 1.82) is 0 Å². The van der Waals surface area contributed by atoms with E-state index in [4.69, 9.17) is 0 Å². The van der Waals surface area contributed by atoms with Crippen LogP contribution in [0.25, 0.3) is 0 Å². The second-order valence-corrected chi connectivity index (χ2v) is 5.36. The van der Waals surface area contributed by atoms with Crippen molar-refractivity contribution in [2.45, 2.75) is 47.0 Å². The Balaban J connectivity index is 2.34. The van der Waals surface area contributed by atoms with Gasteiger partial charge in [0.05, 0.1) is 0 Å². The van der Waals surface area contributed by atoms with E-state index in [-0.39, 0.29) is 5.56 Å². The lowest BCUT2D eigenvalue weighted by atomic mass is 10.0. The summed E-state index contributed by atoms with van der Waals surface area (Å²) in [6, 6.07) is 1.44. The lowest BCUT2D eigenvalue weighted by Crippen LogP contribution is -2.10. The Hall–Kier alpha value is -1.91. The second-order valence-electron chi connectivity index (χ2n) is 5.36. The van der Waals surface area contributed by atoms with Crippen LogP contribution in [0, 0.1) is 12.8 Å². The summed E-state index contributed by atoms with van der Waals surface area (Å²) in [5.41, 5.74) is 4.60. The third kappa shape index (κ3) is 6.87. The fourth-order valence-electron chi connectivity index (χ4n) is 1.75. The third-order valence-electron chi connectivity index (χ3n) is 2.85. The van der Waals surface area contributed by atoms with E-state index in [0.717, 1.165) is 19.3 Å². The molecular weight excluding hydrogens is 252 g/mol. The fraction of sp³-hybridized carbons (Fsp3) is 0.533. The van der Waals surface area contributed by atoms with Crippen LogP contribution in [0.5, 0.6) is 0 Å². The molecule has 1 heterocycles. The van der Waals surface area contributed by atoms with Crippen LogP contribution in [0.3, 0.4) is 0 Å². The van der Waals surface area contributed by atoms with Crippen LogP contribution in [0.2, 0.25) is 0 Å². The zero-order chi connectivity index (χ0) is 15.0. The van der Waals surface area contributed by atoms with E-state index >= 15 is 0 Å². The number of H-pyrrole nitrogens is 1. The number of nitrogens with zero attached hydrogens (tertiary/aromatic N) is 2. The predicted octanol–water partition coefficient (Wildman–Crippen LogP) is 3.25. The molecular formula is C15H24N4O. The van der Waals surface area contributed by atoms with Crippen molar-refractivity contribution in [3.8, 4) is 0 Å². The van der Waals surface area contributed by atoms with Gasteiger partial charge in [0.25, 0.3) is 5.56 Å². The van der Waals surface area contributed by atoms with Crippen LogP contribution < -0.4 is 11.0 Å². The Morgan fingerprint density at radius 1 is 1.55 bits per heavy atom. The summed E-state index contributed by atoms with van der Waals surface area (Å²) in [7, 11) is 0. The molecule has 0 unspecified atom stereocenters. The number of allylic oxidation sites excluding steroid dienone is 2. The molecule has 5 nitrogen and oxygen atoms in total. The second kappa shape index (κ2) is 8.30. The molecule has 0 aromatic carbocycles. The molecule has 0 amide bonds. The fourth-order valence-corrected chi connectivity index (χ4v) is 1.75.